The Kier molecular flexibility index (Phi) is 4.20. The fraction of sp³-hybridized carbons (Fsp3) is 0.400. The molecule has 0 spiro atoms. The number of halogens is 1. The van der Waals surface area contributed by atoms with Gasteiger partial charge >= 0.3 is 0 Å². The molecule has 0 amide bonds. The number of aliphatic hydroxyl groups is 1. The van der Waals surface area contributed by atoms with Crippen molar-refractivity contribution in [1.82, 2.24) is 0 Å². The highest BCUT2D eigenvalue weighted by molar-refractivity contribution is 6.31. The summed E-state index contributed by atoms with van der Waals surface area (Å²) >= 11 is 5.85. The Morgan fingerprint density at radius 1 is 1.57 bits per heavy atom. The van der Waals surface area contributed by atoms with Gasteiger partial charge in [-0.1, -0.05) is 11.6 Å². The second kappa shape index (κ2) is 5.20. The van der Waals surface area contributed by atoms with Gasteiger partial charge in [0.2, 0.25) is 0 Å². The molecule has 1 atom stereocenters. The molecule has 0 unspecified atom stereocenters. The lowest BCUT2D eigenvalue weighted by atomic mass is 10.2. The molecular weight excluding hydrogens is 202 g/mol. The SMILES string of the molecule is Cc1cc(OC[C@@H](O)CN)ccc1Cl. The van der Waals surface area contributed by atoms with E-state index in [1.54, 1.807) is 12.1 Å². The Balaban J connectivity index is 2.55. The van der Waals surface area contributed by atoms with Crippen LogP contribution in [0, 0.1) is 6.92 Å². The minimum atomic E-state index is -0.619. The predicted octanol–water partition coefficient (Wildman–Crippen LogP) is 1.35. The molecule has 3 N–H and O–H groups in total. The highest BCUT2D eigenvalue weighted by Crippen LogP contribution is 2.20. The van der Waals surface area contributed by atoms with Gasteiger partial charge in [-0.25, -0.2) is 0 Å². The molecule has 1 aromatic carbocycles. The van der Waals surface area contributed by atoms with Gasteiger partial charge in [-0.15, -0.1) is 0 Å². The zero-order valence-electron chi connectivity index (χ0n) is 8.03. The van der Waals surface area contributed by atoms with Crippen molar-refractivity contribution in [3.05, 3.63) is 28.8 Å². The predicted molar refractivity (Wildman–Crippen MR) is 56.7 cm³/mol. The van der Waals surface area contributed by atoms with Crippen molar-refractivity contribution in [1.29, 1.82) is 0 Å². The van der Waals surface area contributed by atoms with Crippen LogP contribution >= 0.6 is 11.6 Å². The Morgan fingerprint density at radius 2 is 2.29 bits per heavy atom. The van der Waals surface area contributed by atoms with Crippen LogP contribution in [0.2, 0.25) is 5.02 Å². The lowest BCUT2D eigenvalue weighted by Gasteiger charge is -2.10. The van der Waals surface area contributed by atoms with Gasteiger partial charge < -0.3 is 15.6 Å². The van der Waals surface area contributed by atoms with Crippen molar-refractivity contribution in [3.8, 4) is 5.75 Å². The van der Waals surface area contributed by atoms with Gasteiger partial charge in [0.15, 0.2) is 0 Å². The van der Waals surface area contributed by atoms with Crippen molar-refractivity contribution >= 4 is 11.6 Å². The van der Waals surface area contributed by atoms with Crippen LogP contribution < -0.4 is 10.5 Å². The summed E-state index contributed by atoms with van der Waals surface area (Å²) in [5.41, 5.74) is 6.19. The fourth-order valence-corrected chi connectivity index (χ4v) is 1.08. The molecule has 0 fully saturated rings. The molecule has 0 aliphatic carbocycles. The largest absolute Gasteiger partial charge is 0.491 e. The zero-order valence-corrected chi connectivity index (χ0v) is 8.79. The number of ether oxygens (including phenoxy) is 1. The van der Waals surface area contributed by atoms with Crippen LogP contribution in [0.1, 0.15) is 5.56 Å². The second-order valence-electron chi connectivity index (χ2n) is 3.11. The van der Waals surface area contributed by atoms with Gasteiger partial charge in [0.25, 0.3) is 0 Å². The molecule has 1 aromatic rings. The van der Waals surface area contributed by atoms with Crippen molar-refractivity contribution in [2.45, 2.75) is 13.0 Å². The van der Waals surface area contributed by atoms with Crippen molar-refractivity contribution in [3.63, 3.8) is 0 Å². The Hall–Kier alpha value is -0.770. The van der Waals surface area contributed by atoms with Crippen LogP contribution in [0.3, 0.4) is 0 Å². The molecule has 0 aromatic heterocycles. The summed E-state index contributed by atoms with van der Waals surface area (Å²) in [5.74, 6) is 0.694. The van der Waals surface area contributed by atoms with E-state index < -0.39 is 6.10 Å². The molecule has 14 heavy (non-hydrogen) atoms. The first kappa shape index (κ1) is 11.3. The van der Waals surface area contributed by atoms with E-state index in [-0.39, 0.29) is 13.2 Å². The summed E-state index contributed by atoms with van der Waals surface area (Å²) in [6.45, 7) is 2.30. The number of aliphatic hydroxyl groups excluding tert-OH is 1. The number of nitrogens with two attached hydrogens (primary N) is 1. The monoisotopic (exact) mass is 215 g/mol. The molecule has 3 nitrogen and oxygen atoms in total. The number of hydrogen-bond donors (Lipinski definition) is 2. The minimum Gasteiger partial charge on any atom is -0.491 e. The normalized spacial score (nSPS) is 12.6. The van der Waals surface area contributed by atoms with E-state index >= 15 is 0 Å². The smallest absolute Gasteiger partial charge is 0.119 e. The van der Waals surface area contributed by atoms with E-state index in [0.717, 1.165) is 5.56 Å². The molecule has 0 heterocycles. The Bertz CT molecular complexity index is 304. The molecule has 0 aliphatic rings. The standard InChI is InChI=1S/C10H14ClNO2/c1-7-4-9(2-3-10(7)11)14-6-8(13)5-12/h2-4,8,13H,5-6,12H2,1H3/t8-/m0/s1. The molecule has 0 aliphatic heterocycles. The van der Waals surface area contributed by atoms with E-state index in [2.05, 4.69) is 0 Å². The quantitative estimate of drug-likeness (QED) is 0.797. The fourth-order valence-electron chi connectivity index (χ4n) is 0.967. The Morgan fingerprint density at radius 3 is 2.86 bits per heavy atom. The maximum Gasteiger partial charge on any atom is 0.119 e. The van der Waals surface area contributed by atoms with E-state index in [0.29, 0.717) is 10.8 Å². The molecule has 0 saturated heterocycles. The summed E-state index contributed by atoms with van der Waals surface area (Å²) in [4.78, 5) is 0. The molecular formula is C10H14ClNO2. The molecule has 0 bridgehead atoms. The Labute approximate surface area is 88.4 Å². The third-order valence-electron chi connectivity index (χ3n) is 1.84. The molecule has 1 rings (SSSR count). The molecule has 78 valence electrons. The van der Waals surface area contributed by atoms with E-state index in [1.165, 1.54) is 0 Å². The summed E-state index contributed by atoms with van der Waals surface area (Å²) in [6.07, 6.45) is -0.619. The maximum atomic E-state index is 9.17. The third kappa shape index (κ3) is 3.18. The number of hydrogen-bond acceptors (Lipinski definition) is 3. The average molecular weight is 216 g/mol. The van der Waals surface area contributed by atoms with Gasteiger partial charge in [0, 0.05) is 11.6 Å². The van der Waals surface area contributed by atoms with Crippen LogP contribution in [0.25, 0.3) is 0 Å². The second-order valence-corrected chi connectivity index (χ2v) is 3.52. The summed E-state index contributed by atoms with van der Waals surface area (Å²) < 4.78 is 5.31. The van der Waals surface area contributed by atoms with Crippen LogP contribution in [-0.4, -0.2) is 24.4 Å². The molecule has 4 heteroatoms. The van der Waals surface area contributed by atoms with Gasteiger partial charge in [0.05, 0.1) is 0 Å². The first-order chi connectivity index (χ1) is 6.63. The zero-order chi connectivity index (χ0) is 10.6. The first-order valence-corrected chi connectivity index (χ1v) is 4.78. The van der Waals surface area contributed by atoms with Crippen LogP contribution in [-0.2, 0) is 0 Å². The molecule has 0 saturated carbocycles. The van der Waals surface area contributed by atoms with Crippen LogP contribution in [0.4, 0.5) is 0 Å². The number of rotatable bonds is 4. The van der Waals surface area contributed by atoms with Crippen LogP contribution in [0.5, 0.6) is 5.75 Å². The van der Waals surface area contributed by atoms with E-state index in [4.69, 9.17) is 27.2 Å². The third-order valence-corrected chi connectivity index (χ3v) is 2.27. The minimum absolute atomic E-state index is 0.201. The summed E-state index contributed by atoms with van der Waals surface area (Å²) in [6, 6.07) is 5.35. The summed E-state index contributed by atoms with van der Waals surface area (Å²) in [7, 11) is 0. The lowest BCUT2D eigenvalue weighted by Crippen LogP contribution is -2.26. The van der Waals surface area contributed by atoms with Crippen LogP contribution in [0.15, 0.2) is 18.2 Å². The van der Waals surface area contributed by atoms with Crippen molar-refractivity contribution < 1.29 is 9.84 Å². The maximum absolute atomic E-state index is 9.17. The van der Waals surface area contributed by atoms with Crippen molar-refractivity contribution in [2.24, 2.45) is 5.73 Å². The van der Waals surface area contributed by atoms with Gasteiger partial charge in [-0.2, -0.15) is 0 Å². The highest BCUT2D eigenvalue weighted by Gasteiger charge is 2.03. The van der Waals surface area contributed by atoms with E-state index in [9.17, 15) is 0 Å². The first-order valence-electron chi connectivity index (χ1n) is 4.40. The van der Waals surface area contributed by atoms with Crippen molar-refractivity contribution in [2.75, 3.05) is 13.2 Å². The van der Waals surface area contributed by atoms with Gasteiger partial charge in [-0.05, 0) is 30.7 Å². The van der Waals surface area contributed by atoms with Gasteiger partial charge in [0.1, 0.15) is 18.5 Å². The lowest BCUT2D eigenvalue weighted by molar-refractivity contribution is 0.114. The number of benzene rings is 1. The van der Waals surface area contributed by atoms with Gasteiger partial charge in [-0.3, -0.25) is 0 Å². The van der Waals surface area contributed by atoms with E-state index in [1.807, 2.05) is 13.0 Å². The topological polar surface area (TPSA) is 55.5 Å². The highest BCUT2D eigenvalue weighted by atomic mass is 35.5. The molecule has 0 radical (unpaired) electrons. The summed E-state index contributed by atoms with van der Waals surface area (Å²) in [5, 5.41) is 9.87. The average Bonchev–Trinajstić information content (AvgIpc) is 2.19. The number of aryl methyl sites for hydroxylation is 1.